The van der Waals surface area contributed by atoms with Gasteiger partial charge in [-0.25, -0.2) is 4.79 Å². The van der Waals surface area contributed by atoms with E-state index >= 15 is 0 Å². The second-order valence-electron chi connectivity index (χ2n) is 7.29. The summed E-state index contributed by atoms with van der Waals surface area (Å²) in [5.41, 5.74) is 1.14. The molecule has 0 aromatic heterocycles. The molecule has 1 aromatic carbocycles. The van der Waals surface area contributed by atoms with Crippen LogP contribution in [-0.4, -0.2) is 49.1 Å². The van der Waals surface area contributed by atoms with E-state index in [1.807, 2.05) is 24.3 Å². The van der Waals surface area contributed by atoms with Crippen LogP contribution < -0.4 is 15.4 Å². The summed E-state index contributed by atoms with van der Waals surface area (Å²) < 4.78 is 5.78. The molecule has 1 fully saturated rings. The molecule has 2 N–H and O–H groups in total. The highest BCUT2D eigenvalue weighted by Crippen LogP contribution is 2.15. The fourth-order valence-electron chi connectivity index (χ4n) is 2.98. The summed E-state index contributed by atoms with van der Waals surface area (Å²) in [6.07, 6.45) is 2.61. The number of carbonyl (C=O) groups excluding carboxylic acids is 2. The van der Waals surface area contributed by atoms with Crippen molar-refractivity contribution in [2.75, 3.05) is 26.2 Å². The Labute approximate surface area is 156 Å². The molecule has 0 spiro atoms. The predicted molar refractivity (Wildman–Crippen MR) is 102 cm³/mol. The van der Waals surface area contributed by atoms with Gasteiger partial charge in [0.25, 0.3) is 0 Å². The van der Waals surface area contributed by atoms with Crippen molar-refractivity contribution in [1.29, 1.82) is 0 Å². The number of amides is 3. The van der Waals surface area contributed by atoms with Crippen molar-refractivity contribution >= 4 is 11.9 Å². The van der Waals surface area contributed by atoms with E-state index in [-0.39, 0.29) is 18.0 Å². The summed E-state index contributed by atoms with van der Waals surface area (Å²) in [5, 5.41) is 5.82. The van der Waals surface area contributed by atoms with E-state index in [4.69, 9.17) is 4.74 Å². The van der Waals surface area contributed by atoms with Crippen LogP contribution in [0.15, 0.2) is 24.3 Å². The summed E-state index contributed by atoms with van der Waals surface area (Å²) in [6, 6.07) is 8.04. The van der Waals surface area contributed by atoms with Crippen LogP contribution in [-0.2, 0) is 11.2 Å². The molecule has 1 heterocycles. The standard InChI is InChI=1S/C20H31N3O3/c1-15(2)9-12-26-19-6-4-5-17(13-19)7-10-21-20(25)23-11-8-18(14-23)22-16(3)24/h4-6,13,15,18H,7-12,14H2,1-3H3,(H,21,25)(H,22,24)/t18-/m1/s1. The minimum Gasteiger partial charge on any atom is -0.494 e. The van der Waals surface area contributed by atoms with Crippen LogP contribution >= 0.6 is 0 Å². The Morgan fingerprint density at radius 3 is 2.88 bits per heavy atom. The average Bonchev–Trinajstić information content (AvgIpc) is 3.02. The van der Waals surface area contributed by atoms with Crippen molar-refractivity contribution in [3.05, 3.63) is 29.8 Å². The summed E-state index contributed by atoms with van der Waals surface area (Å²) in [5.74, 6) is 1.46. The number of hydrogen-bond acceptors (Lipinski definition) is 3. The smallest absolute Gasteiger partial charge is 0.317 e. The molecule has 0 saturated carbocycles. The van der Waals surface area contributed by atoms with Gasteiger partial charge < -0.3 is 20.3 Å². The van der Waals surface area contributed by atoms with Crippen LogP contribution in [0.3, 0.4) is 0 Å². The van der Waals surface area contributed by atoms with Gasteiger partial charge in [-0.2, -0.15) is 0 Å². The fraction of sp³-hybridized carbons (Fsp3) is 0.600. The van der Waals surface area contributed by atoms with Crippen LogP contribution in [0.1, 0.15) is 39.2 Å². The normalized spacial score (nSPS) is 16.6. The van der Waals surface area contributed by atoms with Gasteiger partial charge in [-0.15, -0.1) is 0 Å². The minimum absolute atomic E-state index is 0.0484. The minimum atomic E-state index is -0.0674. The first-order chi connectivity index (χ1) is 12.4. The third-order valence-corrected chi connectivity index (χ3v) is 4.44. The molecule has 3 amide bonds. The molecule has 144 valence electrons. The number of nitrogens with zero attached hydrogens (tertiary/aromatic N) is 1. The lowest BCUT2D eigenvalue weighted by atomic mass is 10.1. The largest absolute Gasteiger partial charge is 0.494 e. The Morgan fingerprint density at radius 1 is 1.35 bits per heavy atom. The molecule has 1 aliphatic rings. The predicted octanol–water partition coefficient (Wildman–Crippen LogP) is 2.57. The number of nitrogens with one attached hydrogen (secondary N) is 2. The maximum absolute atomic E-state index is 12.2. The van der Waals surface area contributed by atoms with Gasteiger partial charge in [-0.3, -0.25) is 4.79 Å². The number of ether oxygens (including phenoxy) is 1. The number of carbonyl (C=O) groups is 2. The zero-order valence-corrected chi connectivity index (χ0v) is 16.1. The molecule has 1 atom stereocenters. The Hall–Kier alpha value is -2.24. The van der Waals surface area contributed by atoms with E-state index in [9.17, 15) is 9.59 Å². The van der Waals surface area contributed by atoms with Gasteiger partial charge in [0.2, 0.25) is 5.91 Å². The van der Waals surface area contributed by atoms with E-state index < -0.39 is 0 Å². The lowest BCUT2D eigenvalue weighted by Gasteiger charge is -2.17. The number of likely N-dealkylation sites (tertiary alicyclic amines) is 1. The molecule has 6 heteroatoms. The molecule has 1 aliphatic heterocycles. The fourth-order valence-corrected chi connectivity index (χ4v) is 2.98. The van der Waals surface area contributed by atoms with Crippen molar-refractivity contribution in [3.8, 4) is 5.75 Å². The summed E-state index contributed by atoms with van der Waals surface area (Å²) in [4.78, 5) is 25.1. The number of rotatable bonds is 8. The van der Waals surface area contributed by atoms with Gasteiger partial charge in [0, 0.05) is 32.6 Å². The zero-order chi connectivity index (χ0) is 18.9. The molecule has 1 aromatic rings. The molecule has 0 bridgehead atoms. The maximum atomic E-state index is 12.2. The molecule has 6 nitrogen and oxygen atoms in total. The lowest BCUT2D eigenvalue weighted by molar-refractivity contribution is -0.119. The van der Waals surface area contributed by atoms with E-state index in [1.165, 1.54) is 6.92 Å². The average molecular weight is 361 g/mol. The molecular weight excluding hydrogens is 330 g/mol. The molecule has 26 heavy (non-hydrogen) atoms. The second kappa shape index (κ2) is 10.0. The van der Waals surface area contributed by atoms with Crippen LogP contribution in [0.5, 0.6) is 5.75 Å². The van der Waals surface area contributed by atoms with Crippen LogP contribution in [0.2, 0.25) is 0 Å². The lowest BCUT2D eigenvalue weighted by Crippen LogP contribution is -2.42. The first kappa shape index (κ1) is 20.1. The molecule has 1 saturated heterocycles. The van der Waals surface area contributed by atoms with Crippen molar-refractivity contribution in [1.82, 2.24) is 15.5 Å². The number of urea groups is 1. The molecule has 0 unspecified atom stereocenters. The van der Waals surface area contributed by atoms with Gasteiger partial charge >= 0.3 is 6.03 Å². The van der Waals surface area contributed by atoms with E-state index in [0.29, 0.717) is 25.6 Å². The highest BCUT2D eigenvalue weighted by Gasteiger charge is 2.26. The highest BCUT2D eigenvalue weighted by atomic mass is 16.5. The highest BCUT2D eigenvalue weighted by molar-refractivity contribution is 5.75. The molecule has 2 rings (SSSR count). The third kappa shape index (κ3) is 6.94. The van der Waals surface area contributed by atoms with Crippen LogP contribution in [0.4, 0.5) is 4.79 Å². The topological polar surface area (TPSA) is 70.7 Å². The monoisotopic (exact) mass is 361 g/mol. The number of benzene rings is 1. The zero-order valence-electron chi connectivity index (χ0n) is 16.1. The quantitative estimate of drug-likeness (QED) is 0.748. The molecular formula is C20H31N3O3. The second-order valence-corrected chi connectivity index (χ2v) is 7.29. The Balaban J connectivity index is 1.70. The van der Waals surface area contributed by atoms with Gasteiger partial charge in [0.1, 0.15) is 5.75 Å². The SMILES string of the molecule is CC(=O)N[C@@H]1CCN(C(=O)NCCc2cccc(OCCC(C)C)c2)C1. The Kier molecular flexibility index (Phi) is 7.75. The van der Waals surface area contributed by atoms with E-state index in [2.05, 4.69) is 24.5 Å². The van der Waals surface area contributed by atoms with Gasteiger partial charge in [-0.1, -0.05) is 26.0 Å². The van der Waals surface area contributed by atoms with Gasteiger partial charge in [0.05, 0.1) is 6.61 Å². The summed E-state index contributed by atoms with van der Waals surface area (Å²) in [7, 11) is 0. The van der Waals surface area contributed by atoms with Gasteiger partial charge in [0.15, 0.2) is 0 Å². The Bertz CT molecular complexity index is 604. The van der Waals surface area contributed by atoms with E-state index in [1.54, 1.807) is 4.90 Å². The van der Waals surface area contributed by atoms with Gasteiger partial charge in [-0.05, 0) is 42.9 Å². The first-order valence-electron chi connectivity index (χ1n) is 9.45. The van der Waals surface area contributed by atoms with Crippen molar-refractivity contribution in [2.45, 2.75) is 46.1 Å². The first-order valence-corrected chi connectivity index (χ1v) is 9.45. The van der Waals surface area contributed by atoms with Crippen LogP contribution in [0.25, 0.3) is 0 Å². The van der Waals surface area contributed by atoms with E-state index in [0.717, 1.165) is 37.2 Å². The molecule has 0 radical (unpaired) electrons. The van der Waals surface area contributed by atoms with Crippen LogP contribution in [0, 0.1) is 5.92 Å². The van der Waals surface area contributed by atoms with Crippen molar-refractivity contribution < 1.29 is 14.3 Å². The maximum Gasteiger partial charge on any atom is 0.317 e. The summed E-state index contributed by atoms with van der Waals surface area (Å²) in [6.45, 7) is 8.42. The third-order valence-electron chi connectivity index (χ3n) is 4.44. The Morgan fingerprint density at radius 2 is 2.15 bits per heavy atom. The molecule has 0 aliphatic carbocycles. The summed E-state index contributed by atoms with van der Waals surface area (Å²) >= 11 is 0. The van der Waals surface area contributed by atoms with Crippen molar-refractivity contribution in [3.63, 3.8) is 0 Å². The van der Waals surface area contributed by atoms with Crippen molar-refractivity contribution in [2.24, 2.45) is 5.92 Å². The number of hydrogen-bond donors (Lipinski definition) is 2.